The van der Waals surface area contributed by atoms with Gasteiger partial charge < -0.3 is 15.0 Å². The number of aromatic nitrogens is 5. The predicted molar refractivity (Wildman–Crippen MR) is 71.5 cm³/mol. The van der Waals surface area contributed by atoms with Crippen LogP contribution in [0.4, 0.5) is 5.82 Å². The van der Waals surface area contributed by atoms with E-state index in [0.29, 0.717) is 23.4 Å². The average molecular weight is 272 g/mol. The molecule has 0 unspecified atom stereocenters. The van der Waals surface area contributed by atoms with Gasteiger partial charge in [-0.1, -0.05) is 0 Å². The van der Waals surface area contributed by atoms with Crippen molar-refractivity contribution >= 4 is 22.8 Å². The minimum Gasteiger partial charge on any atom is -0.477 e. The lowest BCUT2D eigenvalue weighted by Crippen LogP contribution is -2.18. The molecule has 0 aliphatic carbocycles. The highest BCUT2D eigenvalue weighted by Crippen LogP contribution is 2.23. The van der Waals surface area contributed by atoms with Crippen LogP contribution < -0.4 is 4.90 Å². The molecule has 0 bridgehead atoms. The molecule has 0 atom stereocenters. The Morgan fingerprint density at radius 2 is 2.30 bits per heavy atom. The number of aromatic carboxylic acids is 1. The molecule has 0 aliphatic rings. The molecule has 0 spiro atoms. The Bertz CT molecular complexity index is 748. The quantitative estimate of drug-likeness (QED) is 0.653. The Kier molecular flexibility index (Phi) is 2.82. The maximum absolute atomic E-state index is 11.0. The number of nitrogens with zero attached hydrogens (tertiary/aromatic N) is 4. The normalized spacial score (nSPS) is 10.8. The lowest BCUT2D eigenvalue weighted by atomic mass is 10.3. The van der Waals surface area contributed by atoms with E-state index in [0.717, 1.165) is 5.69 Å². The summed E-state index contributed by atoms with van der Waals surface area (Å²) in [7, 11) is 1.87. The number of carboxylic acid groups (broad SMARTS) is 1. The molecule has 3 aromatic rings. The van der Waals surface area contributed by atoms with Crippen LogP contribution in [0.1, 0.15) is 16.2 Å². The number of hydrogen-bond donors (Lipinski definition) is 3. The summed E-state index contributed by atoms with van der Waals surface area (Å²) in [5, 5.41) is 16.5. The minimum atomic E-state index is -1.02. The van der Waals surface area contributed by atoms with E-state index < -0.39 is 5.97 Å². The number of fused-ring (bicyclic) bond motifs is 1. The Morgan fingerprint density at radius 1 is 1.45 bits per heavy atom. The van der Waals surface area contributed by atoms with E-state index in [-0.39, 0.29) is 5.69 Å². The largest absolute Gasteiger partial charge is 0.477 e. The second-order valence-electron chi connectivity index (χ2n) is 4.39. The average Bonchev–Trinajstić information content (AvgIpc) is 3.05. The van der Waals surface area contributed by atoms with Gasteiger partial charge in [0.1, 0.15) is 23.5 Å². The Hall–Kier alpha value is -2.90. The Balaban J connectivity index is 2.00. The van der Waals surface area contributed by atoms with Gasteiger partial charge in [0.15, 0.2) is 0 Å². The van der Waals surface area contributed by atoms with Gasteiger partial charge in [0.05, 0.1) is 17.6 Å². The van der Waals surface area contributed by atoms with Crippen molar-refractivity contribution in [3.05, 3.63) is 36.0 Å². The monoisotopic (exact) mass is 272 g/mol. The van der Waals surface area contributed by atoms with Gasteiger partial charge >= 0.3 is 5.97 Å². The standard InChI is InChI=1S/C12H12N6O2/c1-18(5-7-2-3-15-17-7)11-8-4-9(12(19)20)16-10(8)13-6-14-11/h2-4,6H,5H2,1H3,(H,15,17)(H,19,20)(H,13,14,16). The fourth-order valence-electron chi connectivity index (χ4n) is 2.05. The van der Waals surface area contributed by atoms with Gasteiger partial charge in [-0.15, -0.1) is 0 Å². The topological polar surface area (TPSA) is 111 Å². The van der Waals surface area contributed by atoms with E-state index in [1.54, 1.807) is 6.20 Å². The van der Waals surface area contributed by atoms with Gasteiger partial charge in [0.25, 0.3) is 0 Å². The van der Waals surface area contributed by atoms with Crippen molar-refractivity contribution < 1.29 is 9.90 Å². The predicted octanol–water partition coefficient (Wildman–Crippen LogP) is 1.02. The zero-order chi connectivity index (χ0) is 14.1. The third kappa shape index (κ3) is 2.07. The van der Waals surface area contributed by atoms with E-state index in [2.05, 4.69) is 25.1 Å². The van der Waals surface area contributed by atoms with E-state index >= 15 is 0 Å². The fourth-order valence-corrected chi connectivity index (χ4v) is 2.05. The number of carboxylic acids is 1. The molecule has 0 aromatic carbocycles. The first-order valence-corrected chi connectivity index (χ1v) is 5.91. The SMILES string of the molecule is CN(Cc1ccn[nH]1)c1ncnc2[nH]c(C(=O)O)cc12. The number of aromatic amines is 2. The van der Waals surface area contributed by atoms with Crippen molar-refractivity contribution in [2.45, 2.75) is 6.54 Å². The second-order valence-corrected chi connectivity index (χ2v) is 4.39. The molecular weight excluding hydrogens is 260 g/mol. The van der Waals surface area contributed by atoms with Crippen LogP contribution in [-0.4, -0.2) is 43.3 Å². The van der Waals surface area contributed by atoms with Gasteiger partial charge in [0.2, 0.25) is 0 Å². The van der Waals surface area contributed by atoms with Crippen molar-refractivity contribution in [2.75, 3.05) is 11.9 Å². The maximum atomic E-state index is 11.0. The minimum absolute atomic E-state index is 0.0942. The van der Waals surface area contributed by atoms with Crippen LogP contribution in [0, 0.1) is 0 Å². The molecule has 0 saturated heterocycles. The van der Waals surface area contributed by atoms with Gasteiger partial charge in [0, 0.05) is 13.2 Å². The Labute approximate surface area is 113 Å². The molecule has 8 nitrogen and oxygen atoms in total. The second kappa shape index (κ2) is 4.65. The summed E-state index contributed by atoms with van der Waals surface area (Å²) in [4.78, 5) is 23.9. The third-order valence-electron chi connectivity index (χ3n) is 2.96. The van der Waals surface area contributed by atoms with Crippen LogP contribution in [0.15, 0.2) is 24.7 Å². The summed E-state index contributed by atoms with van der Waals surface area (Å²) < 4.78 is 0. The molecule has 3 rings (SSSR count). The summed E-state index contributed by atoms with van der Waals surface area (Å²) in [5.74, 6) is -0.362. The summed E-state index contributed by atoms with van der Waals surface area (Å²) >= 11 is 0. The van der Waals surface area contributed by atoms with Crippen molar-refractivity contribution in [3.8, 4) is 0 Å². The van der Waals surface area contributed by atoms with Crippen molar-refractivity contribution in [3.63, 3.8) is 0 Å². The first-order valence-electron chi connectivity index (χ1n) is 5.91. The van der Waals surface area contributed by atoms with Gasteiger partial charge in [-0.2, -0.15) is 5.10 Å². The zero-order valence-corrected chi connectivity index (χ0v) is 10.7. The number of carbonyl (C=O) groups is 1. The highest BCUT2D eigenvalue weighted by molar-refractivity contribution is 5.96. The van der Waals surface area contributed by atoms with E-state index in [9.17, 15) is 4.79 Å². The zero-order valence-electron chi connectivity index (χ0n) is 10.7. The van der Waals surface area contributed by atoms with Gasteiger partial charge in [-0.05, 0) is 12.1 Å². The highest BCUT2D eigenvalue weighted by Gasteiger charge is 2.15. The molecular formula is C12H12N6O2. The molecule has 0 amide bonds. The fraction of sp³-hybridized carbons (Fsp3) is 0.167. The smallest absolute Gasteiger partial charge is 0.352 e. The lowest BCUT2D eigenvalue weighted by Gasteiger charge is -2.17. The summed E-state index contributed by atoms with van der Waals surface area (Å²) in [6, 6.07) is 3.41. The van der Waals surface area contributed by atoms with Crippen LogP contribution in [0.3, 0.4) is 0 Å². The number of hydrogen-bond acceptors (Lipinski definition) is 5. The van der Waals surface area contributed by atoms with Crippen LogP contribution in [0.25, 0.3) is 11.0 Å². The first-order chi connectivity index (χ1) is 9.65. The van der Waals surface area contributed by atoms with Crippen molar-refractivity contribution in [1.82, 2.24) is 25.1 Å². The van der Waals surface area contributed by atoms with Crippen LogP contribution in [0.2, 0.25) is 0 Å². The molecule has 3 aromatic heterocycles. The van der Waals surface area contributed by atoms with E-state index in [4.69, 9.17) is 5.11 Å². The maximum Gasteiger partial charge on any atom is 0.352 e. The van der Waals surface area contributed by atoms with E-state index in [1.807, 2.05) is 18.0 Å². The molecule has 3 N–H and O–H groups in total. The van der Waals surface area contributed by atoms with E-state index in [1.165, 1.54) is 12.4 Å². The van der Waals surface area contributed by atoms with Crippen molar-refractivity contribution in [1.29, 1.82) is 0 Å². The third-order valence-corrected chi connectivity index (χ3v) is 2.96. The molecule has 0 fully saturated rings. The molecule has 0 radical (unpaired) electrons. The number of anilines is 1. The first kappa shape index (κ1) is 12.2. The summed E-state index contributed by atoms with van der Waals surface area (Å²) in [6.07, 6.45) is 3.08. The highest BCUT2D eigenvalue weighted by atomic mass is 16.4. The van der Waals surface area contributed by atoms with Crippen LogP contribution in [-0.2, 0) is 6.54 Å². The van der Waals surface area contributed by atoms with Crippen molar-refractivity contribution in [2.24, 2.45) is 0 Å². The molecule has 20 heavy (non-hydrogen) atoms. The van der Waals surface area contributed by atoms with Gasteiger partial charge in [-0.3, -0.25) is 5.10 Å². The Morgan fingerprint density at radius 3 is 3.00 bits per heavy atom. The molecule has 102 valence electrons. The molecule has 8 heteroatoms. The molecule has 3 heterocycles. The van der Waals surface area contributed by atoms with Crippen LogP contribution in [0.5, 0.6) is 0 Å². The molecule has 0 aliphatic heterocycles. The van der Waals surface area contributed by atoms with Gasteiger partial charge in [-0.25, -0.2) is 14.8 Å². The molecule has 0 saturated carbocycles. The number of nitrogens with one attached hydrogen (secondary N) is 2. The van der Waals surface area contributed by atoms with Crippen LogP contribution >= 0.6 is 0 Å². The summed E-state index contributed by atoms with van der Waals surface area (Å²) in [6.45, 7) is 0.583. The number of rotatable bonds is 4. The number of H-pyrrole nitrogens is 2. The lowest BCUT2D eigenvalue weighted by molar-refractivity contribution is 0.0691. The summed E-state index contributed by atoms with van der Waals surface area (Å²) in [5.41, 5.74) is 1.54.